The molecule has 2 N–H and O–H groups in total. The third kappa shape index (κ3) is 5.51. The second-order valence-corrected chi connectivity index (χ2v) is 8.39. The number of halogens is 1. The second-order valence-electron chi connectivity index (χ2n) is 8.39. The highest BCUT2D eigenvalue weighted by atomic mass is 19.1. The van der Waals surface area contributed by atoms with Crippen LogP contribution in [-0.4, -0.2) is 52.6 Å². The molecule has 0 bridgehead atoms. The third-order valence-electron chi connectivity index (χ3n) is 6.18. The van der Waals surface area contributed by atoms with Gasteiger partial charge in [-0.05, 0) is 46.4 Å². The summed E-state index contributed by atoms with van der Waals surface area (Å²) in [6, 6.07) is 20.1. The molecule has 0 aliphatic carbocycles. The van der Waals surface area contributed by atoms with Crippen LogP contribution in [0, 0.1) is 11.7 Å². The third-order valence-corrected chi connectivity index (χ3v) is 6.18. The number of fused-ring (bicyclic) bond motifs is 1. The maximum Gasteiger partial charge on any atom is 0.407 e. The second kappa shape index (κ2) is 10.3. The van der Waals surface area contributed by atoms with Crippen molar-refractivity contribution in [1.29, 1.82) is 0 Å². The number of aliphatic carboxylic acids is 1. The van der Waals surface area contributed by atoms with E-state index >= 15 is 0 Å². The predicted octanol–water partition coefficient (Wildman–Crippen LogP) is 4.76. The summed E-state index contributed by atoms with van der Waals surface area (Å²) in [6.07, 6.45) is -0.141. The number of nitrogens with zero attached hydrogens (tertiary/aromatic N) is 2. The van der Waals surface area contributed by atoms with Gasteiger partial charge in [-0.3, -0.25) is 0 Å². The van der Waals surface area contributed by atoms with Crippen LogP contribution in [0.15, 0.2) is 71.9 Å². The van der Waals surface area contributed by atoms with Crippen molar-refractivity contribution in [3.05, 3.63) is 83.7 Å². The van der Waals surface area contributed by atoms with Crippen molar-refractivity contribution in [2.24, 2.45) is 11.1 Å². The lowest BCUT2D eigenvalue weighted by molar-refractivity contribution is -0.142. The first kappa shape index (κ1) is 23.2. The number of amides is 1. The summed E-state index contributed by atoms with van der Waals surface area (Å²) in [4.78, 5) is 29.2. The molecule has 0 aromatic heterocycles. The lowest BCUT2D eigenvalue weighted by atomic mass is 9.76. The summed E-state index contributed by atoms with van der Waals surface area (Å²) in [5, 5.41) is 24.9. The van der Waals surface area contributed by atoms with Crippen molar-refractivity contribution >= 4 is 28.5 Å². The number of carboxylic acid groups (broad SMARTS) is 2. The van der Waals surface area contributed by atoms with E-state index in [0.29, 0.717) is 25.1 Å². The van der Waals surface area contributed by atoms with Crippen LogP contribution in [0.4, 0.5) is 9.18 Å². The molecule has 34 heavy (non-hydrogen) atoms. The molecule has 1 aliphatic heterocycles. The van der Waals surface area contributed by atoms with E-state index < -0.39 is 18.7 Å². The van der Waals surface area contributed by atoms with Crippen LogP contribution in [0.2, 0.25) is 0 Å². The van der Waals surface area contributed by atoms with Crippen molar-refractivity contribution in [3.8, 4) is 0 Å². The average molecular weight is 464 g/mol. The first-order valence-electron chi connectivity index (χ1n) is 11.0. The van der Waals surface area contributed by atoms with Crippen molar-refractivity contribution in [1.82, 2.24) is 4.90 Å². The summed E-state index contributed by atoms with van der Waals surface area (Å²) < 4.78 is 13.5. The zero-order chi connectivity index (χ0) is 24.1. The van der Waals surface area contributed by atoms with E-state index in [0.717, 1.165) is 21.9 Å². The molecule has 1 saturated heterocycles. The fraction of sp³-hybridized carbons (Fsp3) is 0.269. The maximum atomic E-state index is 13.5. The Morgan fingerprint density at radius 2 is 1.76 bits per heavy atom. The minimum Gasteiger partial charge on any atom is -0.479 e. The first-order valence-corrected chi connectivity index (χ1v) is 11.0. The van der Waals surface area contributed by atoms with Gasteiger partial charge in [0.05, 0.1) is 5.71 Å². The van der Waals surface area contributed by atoms with Gasteiger partial charge in [0.1, 0.15) is 5.82 Å². The van der Waals surface area contributed by atoms with Gasteiger partial charge in [-0.15, -0.1) is 0 Å². The number of carbonyl (C=O) groups is 2. The number of carboxylic acids is 1. The molecule has 4 rings (SSSR count). The monoisotopic (exact) mass is 464 g/mol. The molecule has 176 valence electrons. The van der Waals surface area contributed by atoms with Gasteiger partial charge >= 0.3 is 12.1 Å². The molecule has 7 nitrogen and oxygen atoms in total. The van der Waals surface area contributed by atoms with E-state index in [9.17, 15) is 19.1 Å². The van der Waals surface area contributed by atoms with Crippen LogP contribution < -0.4 is 0 Å². The largest absolute Gasteiger partial charge is 0.479 e. The average Bonchev–Trinajstić information content (AvgIpc) is 2.83. The smallest absolute Gasteiger partial charge is 0.407 e. The number of hydrogen-bond donors (Lipinski definition) is 2. The predicted molar refractivity (Wildman–Crippen MR) is 126 cm³/mol. The normalized spacial score (nSPS) is 18.6. The van der Waals surface area contributed by atoms with E-state index in [1.807, 2.05) is 42.5 Å². The van der Waals surface area contributed by atoms with E-state index in [2.05, 4.69) is 5.16 Å². The molecule has 0 spiro atoms. The highest BCUT2D eigenvalue weighted by molar-refractivity contribution is 5.91. The molecule has 1 fully saturated rings. The highest BCUT2D eigenvalue weighted by Gasteiger charge is 2.36. The van der Waals surface area contributed by atoms with Gasteiger partial charge in [0, 0.05) is 25.4 Å². The lowest BCUT2D eigenvalue weighted by Crippen LogP contribution is -2.45. The Morgan fingerprint density at radius 1 is 1.03 bits per heavy atom. The van der Waals surface area contributed by atoms with E-state index in [-0.39, 0.29) is 24.2 Å². The van der Waals surface area contributed by atoms with Gasteiger partial charge in [0.25, 0.3) is 0 Å². The summed E-state index contributed by atoms with van der Waals surface area (Å²) in [7, 11) is 0. The minimum absolute atomic E-state index is 0.121. The summed E-state index contributed by atoms with van der Waals surface area (Å²) in [5.74, 6) is -1.99. The molecule has 1 heterocycles. The first-order chi connectivity index (χ1) is 16.4. The van der Waals surface area contributed by atoms with Gasteiger partial charge in [-0.2, -0.15) is 0 Å². The standard InChI is InChI=1S/C26H25FN2O5/c27-21-9-7-19(8-10-21)22-11-12-29(26(32)33)15-23(22)24(28-34-16-25(30)31)14-17-5-6-18-3-1-2-4-20(18)13-17/h1-10,13,22-23H,11-12,14-16H2,(H,30,31)(H,32,33)/b28-24-. The molecular weight excluding hydrogens is 439 g/mol. The van der Waals surface area contributed by atoms with Crippen LogP contribution in [0.5, 0.6) is 0 Å². The van der Waals surface area contributed by atoms with Gasteiger partial charge in [0.2, 0.25) is 6.61 Å². The fourth-order valence-electron chi connectivity index (χ4n) is 4.53. The van der Waals surface area contributed by atoms with Crippen LogP contribution >= 0.6 is 0 Å². The zero-order valence-electron chi connectivity index (χ0n) is 18.4. The Bertz CT molecular complexity index is 1210. The summed E-state index contributed by atoms with van der Waals surface area (Å²) in [6.45, 7) is -0.0782. The van der Waals surface area contributed by atoms with Gasteiger partial charge in [-0.25, -0.2) is 14.0 Å². The Morgan fingerprint density at radius 3 is 2.47 bits per heavy atom. The van der Waals surface area contributed by atoms with Crippen molar-refractivity contribution in [2.45, 2.75) is 18.8 Å². The Kier molecular flexibility index (Phi) is 7.06. The molecular formula is C26H25FN2O5. The topological polar surface area (TPSA) is 99.4 Å². The SMILES string of the molecule is O=C(O)CO/N=C(/Cc1ccc2ccccc2c1)C1CN(C(=O)O)CCC1c1ccc(F)cc1. The van der Waals surface area contributed by atoms with E-state index in [1.165, 1.54) is 17.0 Å². The number of hydrogen-bond acceptors (Lipinski definition) is 4. The zero-order valence-corrected chi connectivity index (χ0v) is 18.4. The van der Waals surface area contributed by atoms with Gasteiger partial charge in [0.15, 0.2) is 0 Å². The fourth-order valence-corrected chi connectivity index (χ4v) is 4.53. The number of piperidine rings is 1. The molecule has 1 aliphatic rings. The van der Waals surface area contributed by atoms with Gasteiger partial charge < -0.3 is 20.0 Å². The molecule has 0 radical (unpaired) electrons. The van der Waals surface area contributed by atoms with E-state index in [4.69, 9.17) is 9.94 Å². The van der Waals surface area contributed by atoms with Gasteiger partial charge in [-0.1, -0.05) is 59.8 Å². The van der Waals surface area contributed by atoms with Crippen LogP contribution in [0.3, 0.4) is 0 Å². The molecule has 0 saturated carbocycles. The maximum absolute atomic E-state index is 13.5. The lowest BCUT2D eigenvalue weighted by Gasteiger charge is -2.38. The molecule has 8 heteroatoms. The van der Waals surface area contributed by atoms with Crippen LogP contribution in [0.25, 0.3) is 10.8 Å². The quantitative estimate of drug-likeness (QED) is 0.388. The van der Waals surface area contributed by atoms with Crippen molar-refractivity contribution < 1.29 is 29.0 Å². The minimum atomic E-state index is -1.15. The highest BCUT2D eigenvalue weighted by Crippen LogP contribution is 2.35. The Hall–Kier alpha value is -3.94. The summed E-state index contributed by atoms with van der Waals surface area (Å²) >= 11 is 0. The van der Waals surface area contributed by atoms with Crippen molar-refractivity contribution in [3.63, 3.8) is 0 Å². The number of likely N-dealkylation sites (tertiary alicyclic amines) is 1. The van der Waals surface area contributed by atoms with E-state index in [1.54, 1.807) is 12.1 Å². The molecule has 1 amide bonds. The number of oxime groups is 1. The Balaban J connectivity index is 1.70. The Labute approximate surface area is 196 Å². The van der Waals surface area contributed by atoms with Crippen LogP contribution in [0.1, 0.15) is 23.5 Å². The summed E-state index contributed by atoms with van der Waals surface area (Å²) in [5.41, 5.74) is 2.37. The molecule has 3 aromatic carbocycles. The number of rotatable bonds is 7. The van der Waals surface area contributed by atoms with Crippen molar-refractivity contribution in [2.75, 3.05) is 19.7 Å². The van der Waals surface area contributed by atoms with Crippen LogP contribution in [-0.2, 0) is 16.1 Å². The molecule has 2 unspecified atom stereocenters. The number of benzene rings is 3. The molecule has 3 aromatic rings. The molecule has 2 atom stereocenters.